The van der Waals surface area contributed by atoms with Crippen molar-refractivity contribution in [3.05, 3.63) is 346 Å². The summed E-state index contributed by atoms with van der Waals surface area (Å²) in [5, 5.41) is 22.6. The van der Waals surface area contributed by atoms with Gasteiger partial charge in [0.05, 0.1) is 33.1 Å². The van der Waals surface area contributed by atoms with Gasteiger partial charge in [0, 0.05) is 81.7 Å². The van der Waals surface area contributed by atoms with Crippen molar-refractivity contribution in [1.29, 1.82) is 0 Å². The fourth-order valence-electron chi connectivity index (χ4n) is 16.6. The summed E-state index contributed by atoms with van der Waals surface area (Å²) in [5.41, 5.74) is 16.1. The number of aromatic nitrogens is 3. The van der Waals surface area contributed by atoms with Crippen LogP contribution in [-0.2, 0) is 0 Å². The number of rotatable bonds is 9. The summed E-state index contributed by atoms with van der Waals surface area (Å²) in [6.45, 7) is 4.90. The van der Waals surface area contributed by atoms with Gasteiger partial charge in [-0.3, -0.25) is 0 Å². The van der Waals surface area contributed by atoms with E-state index in [-0.39, 0.29) is 0 Å². The van der Waals surface area contributed by atoms with Gasteiger partial charge in [-0.15, -0.1) is 0 Å². The molecule has 0 spiro atoms. The molecule has 6 aromatic heterocycles. The molecule has 21 aromatic rings. The quantitative estimate of drug-likeness (QED) is 0.107. The number of hydrogen-bond donors (Lipinski definition) is 0. The monoisotopic (exact) mass is 1310 g/mol. The number of hydrogen-bond acceptors (Lipinski definition) is 3. The van der Waals surface area contributed by atoms with E-state index in [1.807, 2.05) is 0 Å². The molecule has 472 valence electrons. The Bertz CT molecular complexity index is 6340. The maximum atomic E-state index is 6.49. The molecular formula is C92H63N3O3Si2. The highest BCUT2D eigenvalue weighted by atomic mass is 28.3. The van der Waals surface area contributed by atoms with Crippen LogP contribution >= 0.6 is 0 Å². The van der Waals surface area contributed by atoms with Crippen molar-refractivity contribution in [2.24, 2.45) is 0 Å². The van der Waals surface area contributed by atoms with Gasteiger partial charge in [0.1, 0.15) is 41.6 Å². The second-order valence-electron chi connectivity index (χ2n) is 27.1. The van der Waals surface area contributed by atoms with E-state index in [1.54, 1.807) is 0 Å². The molecule has 8 heteroatoms. The zero-order valence-corrected chi connectivity index (χ0v) is 57.0. The lowest BCUT2D eigenvalue weighted by Crippen LogP contribution is -2.74. The van der Waals surface area contributed by atoms with Crippen LogP contribution in [0.25, 0.3) is 148 Å². The second-order valence-corrected chi connectivity index (χ2v) is 35.3. The minimum atomic E-state index is -2.66. The lowest BCUT2D eigenvalue weighted by Gasteiger charge is -2.34. The summed E-state index contributed by atoms with van der Waals surface area (Å²) in [7, 11) is -4.85. The summed E-state index contributed by atoms with van der Waals surface area (Å²) < 4.78 is 26.5. The zero-order chi connectivity index (χ0) is 66.2. The molecule has 0 saturated heterocycles. The van der Waals surface area contributed by atoms with Crippen LogP contribution in [0.1, 0.15) is 0 Å². The lowest BCUT2D eigenvalue weighted by molar-refractivity contribution is 0.668. The van der Waals surface area contributed by atoms with E-state index in [0.717, 1.165) is 82.9 Å². The number of furan rings is 3. The predicted octanol–water partition coefficient (Wildman–Crippen LogP) is 20.6. The van der Waals surface area contributed by atoms with E-state index in [4.69, 9.17) is 13.3 Å². The van der Waals surface area contributed by atoms with Crippen molar-refractivity contribution >= 4 is 179 Å². The number of nitrogens with zero attached hydrogens (tertiary/aromatic N) is 3. The van der Waals surface area contributed by atoms with Crippen molar-refractivity contribution in [2.45, 2.75) is 13.1 Å². The first-order valence-corrected chi connectivity index (χ1v) is 39.4. The molecule has 0 aliphatic rings. The van der Waals surface area contributed by atoms with Crippen LogP contribution in [0.2, 0.25) is 13.1 Å². The van der Waals surface area contributed by atoms with Gasteiger partial charge < -0.3 is 27.0 Å². The summed E-state index contributed by atoms with van der Waals surface area (Å²) in [6, 6.07) is 126. The average Bonchev–Trinajstić information content (AvgIpc) is 1.62. The van der Waals surface area contributed by atoms with Gasteiger partial charge in [-0.2, -0.15) is 0 Å². The van der Waals surface area contributed by atoms with E-state index in [9.17, 15) is 0 Å². The number of benzene rings is 15. The minimum Gasteiger partial charge on any atom is -0.456 e. The average molecular weight is 1310 g/mol. The molecule has 0 aliphatic carbocycles. The van der Waals surface area contributed by atoms with Crippen molar-refractivity contribution < 1.29 is 13.3 Å². The normalized spacial score (nSPS) is 12.3. The first kappa shape index (κ1) is 57.8. The van der Waals surface area contributed by atoms with Gasteiger partial charge in [0.15, 0.2) is 8.07 Å². The molecule has 0 amide bonds. The third-order valence-corrected chi connectivity index (χ3v) is 29.7. The molecule has 0 radical (unpaired) electrons. The van der Waals surface area contributed by atoms with Crippen molar-refractivity contribution in [1.82, 2.24) is 13.7 Å². The van der Waals surface area contributed by atoms with Crippen LogP contribution in [0.5, 0.6) is 0 Å². The van der Waals surface area contributed by atoms with Gasteiger partial charge in [-0.25, -0.2) is 0 Å². The lowest BCUT2D eigenvalue weighted by atomic mass is 10.1. The van der Waals surface area contributed by atoms with Crippen LogP contribution < -0.4 is 31.1 Å². The Morgan fingerprint density at radius 2 is 0.410 bits per heavy atom. The number of fused-ring (bicyclic) bond motifs is 18. The number of para-hydroxylation sites is 6. The Kier molecular flexibility index (Phi) is 13.0. The maximum absolute atomic E-state index is 6.49. The molecule has 0 N–H and O–H groups in total. The Hall–Kier alpha value is -12.5. The molecule has 0 unspecified atom stereocenters. The molecule has 0 aliphatic heterocycles. The largest absolute Gasteiger partial charge is 0.456 e. The Morgan fingerprint density at radius 3 is 0.690 bits per heavy atom. The van der Waals surface area contributed by atoms with E-state index >= 15 is 0 Å². The van der Waals surface area contributed by atoms with Gasteiger partial charge in [0.25, 0.3) is 0 Å². The molecule has 15 aromatic carbocycles. The van der Waals surface area contributed by atoms with E-state index in [2.05, 4.69) is 373 Å². The van der Waals surface area contributed by atoms with Crippen LogP contribution in [0.15, 0.2) is 359 Å². The molecule has 0 bridgehead atoms. The topological polar surface area (TPSA) is 54.2 Å². The Morgan fingerprint density at radius 1 is 0.190 bits per heavy atom. The Balaban J connectivity index is 0.000000138. The van der Waals surface area contributed by atoms with E-state index in [1.165, 1.54) is 96.5 Å². The van der Waals surface area contributed by atoms with Crippen molar-refractivity contribution in [3.8, 4) is 17.1 Å². The predicted molar refractivity (Wildman–Crippen MR) is 425 cm³/mol. The fraction of sp³-hybridized carbons (Fsp3) is 0.0217. The van der Waals surface area contributed by atoms with E-state index < -0.39 is 16.1 Å². The highest BCUT2D eigenvalue weighted by molar-refractivity contribution is 7.20. The van der Waals surface area contributed by atoms with Gasteiger partial charge in [0.2, 0.25) is 0 Å². The molecule has 6 nitrogen and oxygen atoms in total. The van der Waals surface area contributed by atoms with Crippen LogP contribution in [0, 0.1) is 0 Å². The van der Waals surface area contributed by atoms with E-state index in [0.29, 0.717) is 0 Å². The summed E-state index contributed by atoms with van der Waals surface area (Å²) in [6.07, 6.45) is 0. The molecule has 21 rings (SSSR count). The van der Waals surface area contributed by atoms with Gasteiger partial charge >= 0.3 is 0 Å². The van der Waals surface area contributed by atoms with Crippen LogP contribution in [-0.4, -0.2) is 29.8 Å². The third-order valence-electron chi connectivity index (χ3n) is 21.4. The Labute approximate surface area is 577 Å². The highest BCUT2D eigenvalue weighted by Crippen LogP contribution is 2.40. The SMILES string of the molecule is C[Si](C)(c1ccc2oc3ccc(-n4c5ccccc5c5ccccc54)cc3c2c1)c1ccc2oc3ccc(-n4c5ccccc5c5ccccc54)cc3c2c1.c1ccc([Si](c2ccccc2)(c2ccccc2)c2ccc3oc4ccc(-n5c6ccccc6c6ccccc65)cc4c3c2)cc1. The molecule has 100 heavy (non-hydrogen) atoms. The van der Waals surface area contributed by atoms with Crippen LogP contribution in [0.3, 0.4) is 0 Å². The molecule has 6 heterocycles. The van der Waals surface area contributed by atoms with Crippen molar-refractivity contribution in [2.75, 3.05) is 0 Å². The first-order chi connectivity index (χ1) is 49.3. The fourth-order valence-corrected chi connectivity index (χ4v) is 23.7. The molecule has 0 atom stereocenters. The smallest absolute Gasteiger partial charge is 0.179 e. The second kappa shape index (κ2) is 22.6. The van der Waals surface area contributed by atoms with Crippen molar-refractivity contribution in [3.63, 3.8) is 0 Å². The summed E-state index contributed by atoms with van der Waals surface area (Å²) in [4.78, 5) is 0. The summed E-state index contributed by atoms with van der Waals surface area (Å²) in [5.74, 6) is 0. The van der Waals surface area contributed by atoms with Gasteiger partial charge in [-0.1, -0.05) is 260 Å². The maximum Gasteiger partial charge on any atom is 0.179 e. The molecule has 0 fully saturated rings. The van der Waals surface area contributed by atoms with Gasteiger partial charge in [-0.05, 0) is 130 Å². The van der Waals surface area contributed by atoms with Crippen LogP contribution in [0.4, 0.5) is 0 Å². The molecular weight excluding hydrogens is 1250 g/mol. The summed E-state index contributed by atoms with van der Waals surface area (Å²) >= 11 is 0. The minimum absolute atomic E-state index is 0.901. The first-order valence-electron chi connectivity index (χ1n) is 34.4. The third kappa shape index (κ3) is 8.80. The molecule has 0 saturated carbocycles. The highest BCUT2D eigenvalue weighted by Gasteiger charge is 2.42. The zero-order valence-electron chi connectivity index (χ0n) is 55.0. The standard InChI is InChI=1S/C50H34N2O2Si.C42H29NOSi/c1-55(2,33-21-25-49-41(29-33)39-27-31(19-23-47(39)53-49)51-43-15-7-3-11-35(43)36-12-4-8-16-44(36)51)34-22-26-50-42(30-34)40-28-32(20-24-48(40)54-50)52-45-17-9-5-13-37(45)38-14-6-10-18-46(38)52;1-4-14-31(15-5-1)45(32-16-6-2-7-17-32,33-18-8-3-9-19-33)34-25-27-42-38(29-34)37-28-30(24-26-41(37)44-42)43-39-22-12-10-20-35(39)36-21-11-13-23-40(36)43/h3-30H,1-2H3;1-29H.